The summed E-state index contributed by atoms with van der Waals surface area (Å²) in [7, 11) is 2.23. The predicted octanol–water partition coefficient (Wildman–Crippen LogP) is 2.12. The van der Waals surface area contributed by atoms with Crippen molar-refractivity contribution in [2.45, 2.75) is 25.0 Å². The average molecular weight is 253 g/mol. The van der Waals surface area contributed by atoms with Gasteiger partial charge in [0.1, 0.15) is 0 Å². The van der Waals surface area contributed by atoms with E-state index in [2.05, 4.69) is 46.1 Å². The molecular weight excluding hydrogens is 234 g/mol. The van der Waals surface area contributed by atoms with Crippen LogP contribution in [0.1, 0.15) is 12.0 Å². The van der Waals surface area contributed by atoms with Gasteiger partial charge in [-0.15, -0.1) is 0 Å². The van der Waals surface area contributed by atoms with E-state index in [1.807, 2.05) is 12.3 Å². The molecule has 3 heteroatoms. The number of nitrogens with zero attached hydrogens (tertiary/aromatic N) is 3. The standard InChI is InChI=1S/C16H19N3/c1-18-10-14-8-15(11-18)19(14)9-12-4-5-16-13(7-12)3-2-6-17-16/h2-7,14-15H,8-11H2,1H3. The Labute approximate surface area is 113 Å². The smallest absolute Gasteiger partial charge is 0.0702 e. The minimum absolute atomic E-state index is 0.772. The summed E-state index contributed by atoms with van der Waals surface area (Å²) in [6.45, 7) is 3.55. The van der Waals surface area contributed by atoms with Gasteiger partial charge in [-0.3, -0.25) is 9.88 Å². The Bertz CT molecular complexity index is 598. The van der Waals surface area contributed by atoms with Crippen LogP contribution in [0.4, 0.5) is 0 Å². The van der Waals surface area contributed by atoms with Crippen molar-refractivity contribution in [3.63, 3.8) is 0 Å². The van der Waals surface area contributed by atoms with E-state index in [9.17, 15) is 0 Å². The molecule has 98 valence electrons. The second-order valence-electron chi connectivity index (χ2n) is 5.97. The summed E-state index contributed by atoms with van der Waals surface area (Å²) < 4.78 is 0. The summed E-state index contributed by atoms with van der Waals surface area (Å²) >= 11 is 0. The molecular formula is C16H19N3. The third-order valence-electron chi connectivity index (χ3n) is 4.56. The zero-order chi connectivity index (χ0) is 12.8. The molecule has 0 spiro atoms. The highest BCUT2D eigenvalue weighted by Gasteiger charge is 2.42. The quantitative estimate of drug-likeness (QED) is 0.817. The van der Waals surface area contributed by atoms with Gasteiger partial charge in [-0.05, 0) is 37.2 Å². The minimum atomic E-state index is 0.772. The van der Waals surface area contributed by atoms with Crippen LogP contribution in [0.5, 0.6) is 0 Å². The Balaban J connectivity index is 1.56. The molecule has 0 saturated carbocycles. The summed E-state index contributed by atoms with van der Waals surface area (Å²) in [6.07, 6.45) is 3.25. The normalized spacial score (nSPS) is 27.4. The molecule has 0 aliphatic carbocycles. The van der Waals surface area contributed by atoms with E-state index in [1.54, 1.807) is 0 Å². The van der Waals surface area contributed by atoms with E-state index in [0.29, 0.717) is 0 Å². The fourth-order valence-corrected chi connectivity index (χ4v) is 3.59. The summed E-state index contributed by atoms with van der Waals surface area (Å²) in [4.78, 5) is 9.50. The van der Waals surface area contributed by atoms with Crippen LogP contribution in [0.3, 0.4) is 0 Å². The molecule has 0 radical (unpaired) electrons. The van der Waals surface area contributed by atoms with Gasteiger partial charge >= 0.3 is 0 Å². The molecule has 2 atom stereocenters. The SMILES string of the molecule is CN1CC2CC(C1)N2Cc1ccc2ncccc2c1. The zero-order valence-corrected chi connectivity index (χ0v) is 11.3. The number of likely N-dealkylation sites (N-methyl/N-ethyl adjacent to an activating group) is 1. The van der Waals surface area contributed by atoms with Crippen molar-refractivity contribution < 1.29 is 0 Å². The van der Waals surface area contributed by atoms with Crippen molar-refractivity contribution in [2.75, 3.05) is 20.1 Å². The van der Waals surface area contributed by atoms with Gasteiger partial charge in [-0.1, -0.05) is 12.1 Å². The number of piperidine rings is 1. The lowest BCUT2D eigenvalue weighted by Gasteiger charge is -2.56. The topological polar surface area (TPSA) is 19.4 Å². The van der Waals surface area contributed by atoms with Crippen LogP contribution in [-0.2, 0) is 6.54 Å². The molecule has 3 aliphatic rings. The highest BCUT2D eigenvalue weighted by Crippen LogP contribution is 2.33. The van der Waals surface area contributed by atoms with Gasteiger partial charge in [0.25, 0.3) is 0 Å². The molecule has 4 heterocycles. The molecule has 3 aliphatic heterocycles. The van der Waals surface area contributed by atoms with Crippen molar-refractivity contribution >= 4 is 10.9 Å². The molecule has 2 bridgehead atoms. The van der Waals surface area contributed by atoms with Gasteiger partial charge in [-0.25, -0.2) is 0 Å². The maximum absolute atomic E-state index is 4.38. The van der Waals surface area contributed by atoms with Crippen molar-refractivity contribution in [3.05, 3.63) is 42.1 Å². The van der Waals surface area contributed by atoms with Crippen LogP contribution in [0.25, 0.3) is 10.9 Å². The molecule has 3 nitrogen and oxygen atoms in total. The second kappa shape index (κ2) is 4.29. The van der Waals surface area contributed by atoms with Gasteiger partial charge < -0.3 is 4.90 Å². The molecule has 3 saturated heterocycles. The first-order valence-corrected chi connectivity index (χ1v) is 7.07. The summed E-state index contributed by atoms with van der Waals surface area (Å²) in [5.41, 5.74) is 2.51. The van der Waals surface area contributed by atoms with Gasteiger partial charge in [0.15, 0.2) is 0 Å². The molecule has 1 aromatic heterocycles. The van der Waals surface area contributed by atoms with Gasteiger partial charge in [0.05, 0.1) is 5.52 Å². The first-order chi connectivity index (χ1) is 9.29. The number of fused-ring (bicyclic) bond motifs is 3. The van der Waals surface area contributed by atoms with Crippen molar-refractivity contribution in [2.24, 2.45) is 0 Å². The van der Waals surface area contributed by atoms with E-state index >= 15 is 0 Å². The molecule has 0 N–H and O–H groups in total. The van der Waals surface area contributed by atoms with Crippen LogP contribution in [0.15, 0.2) is 36.5 Å². The summed E-state index contributed by atoms with van der Waals surface area (Å²) in [6, 6.07) is 12.4. The number of piperazine rings is 1. The highest BCUT2D eigenvalue weighted by molar-refractivity contribution is 5.78. The largest absolute Gasteiger partial charge is 0.303 e. The lowest BCUT2D eigenvalue weighted by Crippen LogP contribution is -2.67. The predicted molar refractivity (Wildman–Crippen MR) is 77.0 cm³/mol. The zero-order valence-electron chi connectivity index (χ0n) is 11.3. The fraction of sp³-hybridized carbons (Fsp3) is 0.438. The van der Waals surface area contributed by atoms with Gasteiger partial charge in [0, 0.05) is 43.3 Å². The number of rotatable bonds is 2. The third-order valence-corrected chi connectivity index (χ3v) is 4.56. The Morgan fingerprint density at radius 3 is 2.89 bits per heavy atom. The molecule has 19 heavy (non-hydrogen) atoms. The second-order valence-corrected chi connectivity index (χ2v) is 5.97. The first-order valence-electron chi connectivity index (χ1n) is 7.07. The lowest BCUT2D eigenvalue weighted by atomic mass is 9.87. The van der Waals surface area contributed by atoms with Crippen LogP contribution in [-0.4, -0.2) is 47.0 Å². The summed E-state index contributed by atoms with van der Waals surface area (Å²) in [5, 5.41) is 1.25. The van der Waals surface area contributed by atoms with Gasteiger partial charge in [0.2, 0.25) is 0 Å². The van der Waals surface area contributed by atoms with Crippen molar-refractivity contribution in [1.29, 1.82) is 0 Å². The van der Waals surface area contributed by atoms with E-state index in [1.165, 1.54) is 30.5 Å². The van der Waals surface area contributed by atoms with E-state index in [4.69, 9.17) is 0 Å². The van der Waals surface area contributed by atoms with Crippen LogP contribution in [0.2, 0.25) is 0 Å². The summed E-state index contributed by atoms with van der Waals surface area (Å²) in [5.74, 6) is 0. The Hall–Kier alpha value is -1.45. The van der Waals surface area contributed by atoms with Crippen molar-refractivity contribution in [1.82, 2.24) is 14.8 Å². The third kappa shape index (κ3) is 1.94. The molecule has 0 amide bonds. The van der Waals surface area contributed by atoms with E-state index in [-0.39, 0.29) is 0 Å². The molecule has 5 rings (SSSR count). The molecule has 2 unspecified atom stereocenters. The van der Waals surface area contributed by atoms with Crippen LogP contribution >= 0.6 is 0 Å². The Morgan fingerprint density at radius 1 is 1.21 bits per heavy atom. The number of pyridine rings is 1. The monoisotopic (exact) mass is 253 g/mol. The minimum Gasteiger partial charge on any atom is -0.303 e. The van der Waals surface area contributed by atoms with E-state index in [0.717, 1.165) is 24.1 Å². The Kier molecular flexibility index (Phi) is 2.57. The maximum Gasteiger partial charge on any atom is 0.0702 e. The molecule has 2 aromatic rings. The first kappa shape index (κ1) is 11.4. The average Bonchev–Trinajstić information content (AvgIpc) is 2.44. The molecule has 3 fully saturated rings. The maximum atomic E-state index is 4.38. The van der Waals surface area contributed by atoms with Gasteiger partial charge in [-0.2, -0.15) is 0 Å². The molecule has 1 aromatic carbocycles. The van der Waals surface area contributed by atoms with Crippen LogP contribution in [0, 0.1) is 0 Å². The van der Waals surface area contributed by atoms with Crippen LogP contribution < -0.4 is 0 Å². The van der Waals surface area contributed by atoms with Crippen molar-refractivity contribution in [3.8, 4) is 0 Å². The highest BCUT2D eigenvalue weighted by atomic mass is 15.3. The number of hydrogen-bond acceptors (Lipinski definition) is 3. The number of hydrogen-bond donors (Lipinski definition) is 0. The lowest BCUT2D eigenvalue weighted by molar-refractivity contribution is -0.0668. The number of benzene rings is 1. The Morgan fingerprint density at radius 2 is 2.05 bits per heavy atom. The van der Waals surface area contributed by atoms with E-state index < -0.39 is 0 Å². The number of aromatic nitrogens is 1. The fourth-order valence-electron chi connectivity index (χ4n) is 3.59.